The SMILES string of the molecule is COc1ccc(CN=C(NCCCOCC2CCOC2)NCC(=O)N(C)C)cc1. The summed E-state index contributed by atoms with van der Waals surface area (Å²) in [7, 11) is 5.11. The van der Waals surface area contributed by atoms with Crippen molar-refractivity contribution in [3.8, 4) is 5.75 Å². The molecule has 0 bridgehead atoms. The highest BCUT2D eigenvalue weighted by atomic mass is 16.5. The van der Waals surface area contributed by atoms with Gasteiger partial charge in [0.25, 0.3) is 0 Å². The van der Waals surface area contributed by atoms with Crippen molar-refractivity contribution in [1.29, 1.82) is 0 Å². The number of likely N-dealkylation sites (N-methyl/N-ethyl adjacent to an activating group) is 1. The number of nitrogens with one attached hydrogen (secondary N) is 2. The smallest absolute Gasteiger partial charge is 0.241 e. The van der Waals surface area contributed by atoms with Gasteiger partial charge in [-0.15, -0.1) is 0 Å². The number of nitrogens with zero attached hydrogens (tertiary/aromatic N) is 2. The average Bonchev–Trinajstić information content (AvgIpc) is 3.25. The number of ether oxygens (including phenoxy) is 3. The van der Waals surface area contributed by atoms with Crippen molar-refractivity contribution in [2.75, 3.05) is 60.7 Å². The fourth-order valence-electron chi connectivity index (χ4n) is 2.74. The maximum Gasteiger partial charge on any atom is 0.241 e. The van der Waals surface area contributed by atoms with E-state index in [9.17, 15) is 4.79 Å². The number of carbonyl (C=O) groups is 1. The molecule has 2 N–H and O–H groups in total. The van der Waals surface area contributed by atoms with Gasteiger partial charge in [-0.3, -0.25) is 4.79 Å². The molecular formula is C21H34N4O4. The minimum Gasteiger partial charge on any atom is -0.497 e. The standard InChI is InChI=1S/C21H34N4O4/c1-25(2)20(26)14-24-21(23-13-17-5-7-19(27-3)8-6-17)22-10-4-11-28-15-18-9-12-29-16-18/h5-8,18H,4,9-16H2,1-3H3,(H2,22,23,24). The molecule has 0 spiro atoms. The van der Waals surface area contributed by atoms with Crippen LogP contribution in [0.2, 0.25) is 0 Å². The van der Waals surface area contributed by atoms with E-state index in [1.54, 1.807) is 26.1 Å². The second kappa shape index (κ2) is 13.0. The number of hydrogen-bond donors (Lipinski definition) is 2. The van der Waals surface area contributed by atoms with Crippen LogP contribution < -0.4 is 15.4 Å². The van der Waals surface area contributed by atoms with Crippen LogP contribution >= 0.6 is 0 Å². The Morgan fingerprint density at radius 2 is 2.07 bits per heavy atom. The van der Waals surface area contributed by atoms with Crippen LogP contribution in [0.15, 0.2) is 29.3 Å². The van der Waals surface area contributed by atoms with Crippen molar-refractivity contribution in [2.24, 2.45) is 10.9 Å². The lowest BCUT2D eigenvalue weighted by atomic mass is 10.1. The number of amides is 1. The highest BCUT2D eigenvalue weighted by Gasteiger charge is 2.15. The first-order valence-electron chi connectivity index (χ1n) is 10.1. The quantitative estimate of drug-likeness (QED) is 0.327. The molecule has 1 aliphatic heterocycles. The summed E-state index contributed by atoms with van der Waals surface area (Å²) in [5.74, 6) is 1.95. The molecular weight excluding hydrogens is 372 g/mol. The normalized spacial score (nSPS) is 16.5. The molecule has 0 saturated carbocycles. The lowest BCUT2D eigenvalue weighted by molar-refractivity contribution is -0.127. The summed E-state index contributed by atoms with van der Waals surface area (Å²) in [6.07, 6.45) is 1.95. The van der Waals surface area contributed by atoms with Crippen LogP contribution in [-0.2, 0) is 20.8 Å². The summed E-state index contributed by atoms with van der Waals surface area (Å²) in [6.45, 7) is 4.52. The summed E-state index contributed by atoms with van der Waals surface area (Å²) in [5.41, 5.74) is 1.06. The molecule has 1 amide bonds. The van der Waals surface area contributed by atoms with Gasteiger partial charge in [0.2, 0.25) is 5.91 Å². The number of aliphatic imine (C=N–C) groups is 1. The maximum absolute atomic E-state index is 11.9. The van der Waals surface area contributed by atoms with Crippen molar-refractivity contribution in [1.82, 2.24) is 15.5 Å². The molecule has 0 aliphatic carbocycles. The molecule has 162 valence electrons. The van der Waals surface area contributed by atoms with Crippen molar-refractivity contribution in [3.05, 3.63) is 29.8 Å². The van der Waals surface area contributed by atoms with Crippen LogP contribution in [0.3, 0.4) is 0 Å². The van der Waals surface area contributed by atoms with Gasteiger partial charge in [0, 0.05) is 39.8 Å². The Hall–Kier alpha value is -2.32. The van der Waals surface area contributed by atoms with Gasteiger partial charge in [-0.1, -0.05) is 12.1 Å². The fraction of sp³-hybridized carbons (Fsp3) is 0.619. The summed E-state index contributed by atoms with van der Waals surface area (Å²) in [4.78, 5) is 18.0. The third-order valence-electron chi connectivity index (χ3n) is 4.62. The van der Waals surface area contributed by atoms with Gasteiger partial charge in [0.05, 0.1) is 33.4 Å². The molecule has 8 nitrogen and oxygen atoms in total. The third-order valence-corrected chi connectivity index (χ3v) is 4.62. The van der Waals surface area contributed by atoms with Gasteiger partial charge >= 0.3 is 0 Å². The van der Waals surface area contributed by atoms with Crippen molar-refractivity contribution in [3.63, 3.8) is 0 Å². The highest BCUT2D eigenvalue weighted by Crippen LogP contribution is 2.12. The van der Waals surface area contributed by atoms with E-state index in [2.05, 4.69) is 15.6 Å². The predicted molar refractivity (Wildman–Crippen MR) is 113 cm³/mol. The first-order chi connectivity index (χ1) is 14.1. The van der Waals surface area contributed by atoms with Crippen LogP contribution in [0.5, 0.6) is 5.75 Å². The number of hydrogen-bond acceptors (Lipinski definition) is 5. The molecule has 1 unspecified atom stereocenters. The lowest BCUT2D eigenvalue weighted by Gasteiger charge is -2.15. The molecule has 1 aromatic rings. The first-order valence-corrected chi connectivity index (χ1v) is 10.1. The third kappa shape index (κ3) is 9.15. The van der Waals surface area contributed by atoms with E-state index in [0.717, 1.165) is 44.0 Å². The highest BCUT2D eigenvalue weighted by molar-refractivity contribution is 5.86. The zero-order chi connectivity index (χ0) is 20.9. The molecule has 2 rings (SSSR count). The maximum atomic E-state index is 11.9. The molecule has 1 aliphatic rings. The Bertz CT molecular complexity index is 628. The molecule has 0 aromatic heterocycles. The van der Waals surface area contributed by atoms with E-state index in [0.29, 0.717) is 31.6 Å². The summed E-state index contributed by atoms with van der Waals surface area (Å²) in [6, 6.07) is 7.78. The Labute approximate surface area is 173 Å². The molecule has 1 saturated heterocycles. The van der Waals surface area contributed by atoms with Crippen LogP contribution in [-0.4, -0.2) is 77.5 Å². The average molecular weight is 407 g/mol. The van der Waals surface area contributed by atoms with Gasteiger partial charge in [0.1, 0.15) is 5.75 Å². The molecule has 1 atom stereocenters. The largest absolute Gasteiger partial charge is 0.497 e. The zero-order valence-electron chi connectivity index (χ0n) is 17.8. The van der Waals surface area contributed by atoms with Crippen LogP contribution in [0, 0.1) is 5.92 Å². The van der Waals surface area contributed by atoms with Gasteiger partial charge in [-0.05, 0) is 30.5 Å². The monoisotopic (exact) mass is 406 g/mol. The van der Waals surface area contributed by atoms with E-state index in [-0.39, 0.29) is 12.5 Å². The van der Waals surface area contributed by atoms with Crippen LogP contribution in [0.1, 0.15) is 18.4 Å². The second-order valence-corrected chi connectivity index (χ2v) is 7.24. The zero-order valence-corrected chi connectivity index (χ0v) is 17.8. The van der Waals surface area contributed by atoms with Gasteiger partial charge in [0.15, 0.2) is 5.96 Å². The lowest BCUT2D eigenvalue weighted by Crippen LogP contribution is -2.43. The number of methoxy groups -OCH3 is 1. The van der Waals surface area contributed by atoms with Crippen molar-refractivity contribution in [2.45, 2.75) is 19.4 Å². The molecule has 1 fully saturated rings. The fourth-order valence-corrected chi connectivity index (χ4v) is 2.74. The topological polar surface area (TPSA) is 84.4 Å². The number of benzene rings is 1. The van der Waals surface area contributed by atoms with Crippen molar-refractivity contribution < 1.29 is 19.0 Å². The minimum absolute atomic E-state index is 0.00827. The summed E-state index contributed by atoms with van der Waals surface area (Å²) in [5, 5.41) is 6.37. The van der Waals surface area contributed by atoms with E-state index in [1.165, 1.54) is 0 Å². The van der Waals surface area contributed by atoms with Gasteiger partial charge in [-0.25, -0.2) is 4.99 Å². The molecule has 29 heavy (non-hydrogen) atoms. The Morgan fingerprint density at radius 1 is 1.28 bits per heavy atom. The summed E-state index contributed by atoms with van der Waals surface area (Å²) >= 11 is 0. The Balaban J connectivity index is 1.76. The van der Waals surface area contributed by atoms with Crippen LogP contribution in [0.25, 0.3) is 0 Å². The van der Waals surface area contributed by atoms with Crippen LogP contribution in [0.4, 0.5) is 0 Å². The van der Waals surface area contributed by atoms with E-state index >= 15 is 0 Å². The molecule has 1 aromatic carbocycles. The Morgan fingerprint density at radius 3 is 2.72 bits per heavy atom. The Kier molecular flexibility index (Phi) is 10.3. The van der Waals surface area contributed by atoms with E-state index in [4.69, 9.17) is 14.2 Å². The van der Waals surface area contributed by atoms with Gasteiger partial charge < -0.3 is 29.7 Å². The number of rotatable bonds is 11. The number of guanidine groups is 1. The molecule has 0 radical (unpaired) electrons. The molecule has 1 heterocycles. The minimum atomic E-state index is -0.00827. The van der Waals surface area contributed by atoms with Gasteiger partial charge in [-0.2, -0.15) is 0 Å². The predicted octanol–water partition coefficient (Wildman–Crippen LogP) is 1.26. The summed E-state index contributed by atoms with van der Waals surface area (Å²) < 4.78 is 16.3. The second-order valence-electron chi connectivity index (χ2n) is 7.24. The van der Waals surface area contributed by atoms with E-state index in [1.807, 2.05) is 24.3 Å². The first kappa shape index (κ1) is 23.0. The van der Waals surface area contributed by atoms with E-state index < -0.39 is 0 Å². The molecule has 8 heteroatoms. The number of carbonyl (C=O) groups excluding carboxylic acids is 1. The van der Waals surface area contributed by atoms with Crippen molar-refractivity contribution >= 4 is 11.9 Å².